The van der Waals surface area contributed by atoms with E-state index in [9.17, 15) is 19.7 Å². The topological polar surface area (TPSA) is 125 Å². The van der Waals surface area contributed by atoms with E-state index in [2.05, 4.69) is 0 Å². The summed E-state index contributed by atoms with van der Waals surface area (Å²) in [6.45, 7) is 2.27. The van der Waals surface area contributed by atoms with Crippen molar-refractivity contribution in [2.45, 2.75) is 25.7 Å². The SMILES string of the molecule is NC(=O)c1ccc(C(=O)N2CC2)c(OCCCCCCOc2cc([N+](=O)[O-])ccc2-c2ccccc2)c1. The van der Waals surface area contributed by atoms with Gasteiger partial charge in [-0.25, -0.2) is 0 Å². The molecular formula is C28H29N3O6. The zero-order valence-electron chi connectivity index (χ0n) is 20.4. The Hall–Kier alpha value is -4.40. The third-order valence-corrected chi connectivity index (χ3v) is 6.05. The monoisotopic (exact) mass is 503 g/mol. The fourth-order valence-corrected chi connectivity index (χ4v) is 3.92. The molecule has 1 fully saturated rings. The normalized spacial score (nSPS) is 12.2. The van der Waals surface area contributed by atoms with Crippen LogP contribution < -0.4 is 15.2 Å². The minimum atomic E-state index is -0.574. The van der Waals surface area contributed by atoms with E-state index in [4.69, 9.17) is 15.2 Å². The number of hydrogen-bond donors (Lipinski definition) is 1. The van der Waals surface area contributed by atoms with Crippen LogP contribution in [0.1, 0.15) is 46.4 Å². The van der Waals surface area contributed by atoms with Crippen LogP contribution in [0, 0.1) is 10.1 Å². The van der Waals surface area contributed by atoms with Crippen LogP contribution in [-0.4, -0.2) is 47.9 Å². The van der Waals surface area contributed by atoms with Gasteiger partial charge >= 0.3 is 0 Å². The van der Waals surface area contributed by atoms with Gasteiger partial charge in [-0.1, -0.05) is 30.3 Å². The van der Waals surface area contributed by atoms with E-state index in [1.807, 2.05) is 30.3 Å². The fourth-order valence-electron chi connectivity index (χ4n) is 3.92. The number of nitrogens with two attached hydrogens (primary N) is 1. The average Bonchev–Trinajstić information content (AvgIpc) is 3.76. The molecule has 1 saturated heterocycles. The van der Waals surface area contributed by atoms with Crippen LogP contribution in [0.3, 0.4) is 0 Å². The smallest absolute Gasteiger partial charge is 0.273 e. The molecule has 192 valence electrons. The van der Waals surface area contributed by atoms with Gasteiger partial charge in [-0.15, -0.1) is 0 Å². The first-order valence-corrected chi connectivity index (χ1v) is 12.3. The molecule has 37 heavy (non-hydrogen) atoms. The predicted molar refractivity (Wildman–Crippen MR) is 139 cm³/mol. The summed E-state index contributed by atoms with van der Waals surface area (Å²) in [5, 5.41) is 11.2. The van der Waals surface area contributed by atoms with Gasteiger partial charge in [0.15, 0.2) is 0 Å². The van der Waals surface area contributed by atoms with Crippen LogP contribution >= 0.6 is 0 Å². The molecule has 4 rings (SSSR count). The number of ether oxygens (including phenoxy) is 2. The van der Waals surface area contributed by atoms with E-state index in [-0.39, 0.29) is 11.6 Å². The second-order valence-electron chi connectivity index (χ2n) is 8.78. The number of non-ortho nitro benzene ring substituents is 1. The van der Waals surface area contributed by atoms with Crippen molar-refractivity contribution >= 4 is 17.5 Å². The van der Waals surface area contributed by atoms with E-state index in [0.717, 1.165) is 49.9 Å². The fraction of sp³-hybridized carbons (Fsp3) is 0.286. The summed E-state index contributed by atoms with van der Waals surface area (Å²) < 4.78 is 11.8. The first-order valence-electron chi connectivity index (χ1n) is 12.3. The van der Waals surface area contributed by atoms with Gasteiger partial charge in [-0.3, -0.25) is 19.7 Å². The summed E-state index contributed by atoms with van der Waals surface area (Å²) in [6, 6.07) is 18.9. The molecule has 2 N–H and O–H groups in total. The number of nitro groups is 1. The molecule has 2 amide bonds. The molecule has 1 heterocycles. The Labute approximate surface area is 214 Å². The summed E-state index contributed by atoms with van der Waals surface area (Å²) in [6.07, 6.45) is 3.27. The van der Waals surface area contributed by atoms with Crippen molar-refractivity contribution in [1.82, 2.24) is 4.90 Å². The van der Waals surface area contributed by atoms with Gasteiger partial charge in [0.05, 0.1) is 29.8 Å². The quantitative estimate of drug-likeness (QED) is 0.154. The standard InChI is InChI=1S/C28H29N3O6/c29-27(32)21-10-12-24(28(33)30-14-15-30)25(18-21)36-16-6-1-2-7-17-37-26-19-22(31(34)35)11-13-23(26)20-8-4-3-5-9-20/h3-5,8-13,18-19H,1-2,6-7,14-17H2,(H2,29,32). The molecule has 9 nitrogen and oxygen atoms in total. The molecule has 0 unspecified atom stereocenters. The minimum absolute atomic E-state index is 0.0106. The van der Waals surface area contributed by atoms with E-state index in [1.165, 1.54) is 24.3 Å². The molecule has 1 aliphatic rings. The molecule has 3 aromatic rings. The van der Waals surface area contributed by atoms with Crippen molar-refractivity contribution in [3.8, 4) is 22.6 Å². The van der Waals surface area contributed by atoms with Crippen molar-refractivity contribution in [3.63, 3.8) is 0 Å². The van der Waals surface area contributed by atoms with Gasteiger partial charge in [0.1, 0.15) is 11.5 Å². The van der Waals surface area contributed by atoms with Gasteiger partial charge in [0.25, 0.3) is 11.6 Å². The van der Waals surface area contributed by atoms with Gasteiger partial charge in [-0.2, -0.15) is 0 Å². The number of amides is 2. The highest BCUT2D eigenvalue weighted by atomic mass is 16.6. The lowest BCUT2D eigenvalue weighted by Gasteiger charge is -2.13. The number of hydrogen-bond acceptors (Lipinski definition) is 6. The summed E-state index contributed by atoms with van der Waals surface area (Å²) in [5.74, 6) is 0.172. The number of carbonyl (C=O) groups excluding carboxylic acids is 2. The maximum absolute atomic E-state index is 12.5. The molecule has 0 atom stereocenters. The van der Waals surface area contributed by atoms with Crippen molar-refractivity contribution in [2.24, 2.45) is 5.73 Å². The van der Waals surface area contributed by atoms with Gasteiger partial charge in [-0.05, 0) is 55.5 Å². The van der Waals surface area contributed by atoms with Gasteiger partial charge in [0, 0.05) is 30.3 Å². The molecule has 0 aliphatic carbocycles. The number of nitrogens with zero attached hydrogens (tertiary/aromatic N) is 2. The molecule has 9 heteroatoms. The second-order valence-corrected chi connectivity index (χ2v) is 8.78. The van der Waals surface area contributed by atoms with Crippen LogP contribution in [0.2, 0.25) is 0 Å². The molecule has 0 aromatic heterocycles. The molecular weight excluding hydrogens is 474 g/mol. The van der Waals surface area contributed by atoms with Crippen LogP contribution in [0.5, 0.6) is 11.5 Å². The number of carbonyl (C=O) groups is 2. The maximum Gasteiger partial charge on any atom is 0.273 e. The number of primary amides is 1. The molecule has 0 spiro atoms. The summed E-state index contributed by atoms with van der Waals surface area (Å²) in [5.41, 5.74) is 7.84. The van der Waals surface area contributed by atoms with Crippen LogP contribution in [0.25, 0.3) is 11.1 Å². The van der Waals surface area contributed by atoms with Crippen LogP contribution in [0.15, 0.2) is 66.7 Å². The van der Waals surface area contributed by atoms with E-state index in [1.54, 1.807) is 17.0 Å². The molecule has 0 saturated carbocycles. The molecule has 0 bridgehead atoms. The van der Waals surface area contributed by atoms with Crippen molar-refractivity contribution in [2.75, 3.05) is 26.3 Å². The van der Waals surface area contributed by atoms with Crippen molar-refractivity contribution in [1.29, 1.82) is 0 Å². The van der Waals surface area contributed by atoms with E-state index in [0.29, 0.717) is 35.8 Å². The second kappa shape index (κ2) is 12.0. The maximum atomic E-state index is 12.5. The molecule has 0 radical (unpaired) electrons. The molecule has 3 aromatic carbocycles. The zero-order chi connectivity index (χ0) is 26.2. The highest BCUT2D eigenvalue weighted by Crippen LogP contribution is 2.33. The van der Waals surface area contributed by atoms with Crippen LogP contribution in [-0.2, 0) is 0 Å². The predicted octanol–water partition coefficient (Wildman–Crippen LogP) is 4.83. The lowest BCUT2D eigenvalue weighted by Crippen LogP contribution is -2.16. The summed E-state index contributed by atoms with van der Waals surface area (Å²) >= 11 is 0. The Bertz CT molecular complexity index is 1270. The van der Waals surface area contributed by atoms with Gasteiger partial charge in [0.2, 0.25) is 5.91 Å². The minimum Gasteiger partial charge on any atom is -0.493 e. The number of unbranched alkanes of at least 4 members (excludes halogenated alkanes) is 3. The van der Waals surface area contributed by atoms with Gasteiger partial charge < -0.3 is 20.1 Å². The largest absolute Gasteiger partial charge is 0.493 e. The van der Waals surface area contributed by atoms with Crippen LogP contribution in [0.4, 0.5) is 5.69 Å². The lowest BCUT2D eigenvalue weighted by molar-refractivity contribution is -0.384. The Morgan fingerprint density at radius 2 is 1.54 bits per heavy atom. The van der Waals surface area contributed by atoms with E-state index >= 15 is 0 Å². The Kier molecular flexibility index (Phi) is 8.35. The Morgan fingerprint density at radius 3 is 2.16 bits per heavy atom. The number of benzene rings is 3. The van der Waals surface area contributed by atoms with Crippen molar-refractivity contribution in [3.05, 3.63) is 88.0 Å². The molecule has 1 aliphatic heterocycles. The average molecular weight is 504 g/mol. The summed E-state index contributed by atoms with van der Waals surface area (Å²) in [7, 11) is 0. The zero-order valence-corrected chi connectivity index (χ0v) is 20.4. The highest BCUT2D eigenvalue weighted by molar-refractivity contribution is 6.00. The van der Waals surface area contributed by atoms with E-state index < -0.39 is 10.8 Å². The van der Waals surface area contributed by atoms with Crippen molar-refractivity contribution < 1.29 is 24.0 Å². The highest BCUT2D eigenvalue weighted by Gasteiger charge is 2.28. The lowest BCUT2D eigenvalue weighted by atomic mass is 10.0. The first kappa shape index (κ1) is 25.7. The third-order valence-electron chi connectivity index (χ3n) is 6.05. The Morgan fingerprint density at radius 1 is 0.865 bits per heavy atom. The third kappa shape index (κ3) is 6.84. The number of nitro benzene ring substituents is 1. The Balaban J connectivity index is 1.25. The summed E-state index contributed by atoms with van der Waals surface area (Å²) in [4.78, 5) is 36.5. The number of rotatable bonds is 13. The first-order chi connectivity index (χ1) is 17.9.